The summed E-state index contributed by atoms with van der Waals surface area (Å²) in [4.78, 5) is 10.9. The Morgan fingerprint density at radius 3 is 3.20 bits per heavy atom. The Morgan fingerprint density at radius 2 is 2.50 bits per heavy atom. The van der Waals surface area contributed by atoms with Gasteiger partial charge in [-0.15, -0.1) is 0 Å². The van der Waals surface area contributed by atoms with Crippen molar-refractivity contribution >= 4 is 5.78 Å². The van der Waals surface area contributed by atoms with Crippen LogP contribution in [0.1, 0.15) is 19.8 Å². The van der Waals surface area contributed by atoms with Crippen molar-refractivity contribution in [2.24, 2.45) is 0 Å². The monoisotopic (exact) mass is 139 g/mol. The molecule has 0 aromatic carbocycles. The predicted octanol–water partition coefficient (Wildman–Crippen LogP) is 0.885. The van der Waals surface area contributed by atoms with E-state index in [-0.39, 0.29) is 5.78 Å². The maximum atomic E-state index is 10.9. The van der Waals surface area contributed by atoms with Gasteiger partial charge < -0.3 is 5.32 Å². The SMILES string of the molecule is CC(=O)C1=CCNCCC1. The number of nitrogens with one attached hydrogen (secondary N) is 1. The van der Waals surface area contributed by atoms with Crippen molar-refractivity contribution < 1.29 is 4.79 Å². The van der Waals surface area contributed by atoms with E-state index in [2.05, 4.69) is 5.32 Å². The molecule has 1 aliphatic heterocycles. The molecule has 0 unspecified atom stereocenters. The third-order valence-electron chi connectivity index (χ3n) is 1.74. The maximum absolute atomic E-state index is 10.9. The number of ketones is 1. The molecule has 0 atom stereocenters. The van der Waals surface area contributed by atoms with E-state index in [0.29, 0.717) is 0 Å². The average Bonchev–Trinajstić information content (AvgIpc) is 2.12. The fourth-order valence-corrected chi connectivity index (χ4v) is 1.12. The molecule has 0 bridgehead atoms. The quantitative estimate of drug-likeness (QED) is 0.584. The van der Waals surface area contributed by atoms with Crippen molar-refractivity contribution in [3.63, 3.8) is 0 Å². The summed E-state index contributed by atoms with van der Waals surface area (Å²) >= 11 is 0. The van der Waals surface area contributed by atoms with E-state index in [1.54, 1.807) is 6.92 Å². The van der Waals surface area contributed by atoms with Crippen LogP contribution in [0.2, 0.25) is 0 Å². The molecule has 1 rings (SSSR count). The van der Waals surface area contributed by atoms with Gasteiger partial charge in [-0.3, -0.25) is 4.79 Å². The first-order chi connectivity index (χ1) is 4.80. The summed E-state index contributed by atoms with van der Waals surface area (Å²) in [6.07, 6.45) is 4.03. The van der Waals surface area contributed by atoms with E-state index in [1.807, 2.05) is 6.08 Å². The Kier molecular flexibility index (Phi) is 2.63. The molecule has 1 aliphatic rings. The fraction of sp³-hybridized carbons (Fsp3) is 0.625. The molecule has 0 spiro atoms. The second-order valence-corrected chi connectivity index (χ2v) is 2.59. The number of Topliss-reactive ketones (excluding diaryl/α,β-unsaturated/α-hetero) is 1. The standard InChI is InChI=1S/C8H13NO/c1-7(10)8-3-2-5-9-6-4-8/h4,9H,2-3,5-6H2,1H3. The van der Waals surface area contributed by atoms with Crippen molar-refractivity contribution in [2.75, 3.05) is 13.1 Å². The molecule has 2 heteroatoms. The molecule has 0 aromatic heterocycles. The number of hydrogen-bond donors (Lipinski definition) is 1. The van der Waals surface area contributed by atoms with Gasteiger partial charge in [0.15, 0.2) is 5.78 Å². The van der Waals surface area contributed by atoms with E-state index in [1.165, 1.54) is 0 Å². The number of carbonyl (C=O) groups excluding carboxylic acids is 1. The van der Waals surface area contributed by atoms with E-state index >= 15 is 0 Å². The molecule has 1 N–H and O–H groups in total. The maximum Gasteiger partial charge on any atom is 0.155 e. The van der Waals surface area contributed by atoms with Crippen molar-refractivity contribution in [3.05, 3.63) is 11.6 Å². The minimum atomic E-state index is 0.226. The largest absolute Gasteiger partial charge is 0.313 e. The van der Waals surface area contributed by atoms with Crippen LogP contribution in [0.15, 0.2) is 11.6 Å². The average molecular weight is 139 g/mol. The normalized spacial score (nSPS) is 19.5. The van der Waals surface area contributed by atoms with Crippen LogP contribution in [-0.4, -0.2) is 18.9 Å². The van der Waals surface area contributed by atoms with Gasteiger partial charge in [-0.1, -0.05) is 6.08 Å². The molecule has 1 heterocycles. The minimum Gasteiger partial charge on any atom is -0.313 e. The zero-order valence-corrected chi connectivity index (χ0v) is 6.31. The smallest absolute Gasteiger partial charge is 0.155 e. The van der Waals surface area contributed by atoms with Gasteiger partial charge in [-0.25, -0.2) is 0 Å². The predicted molar refractivity (Wildman–Crippen MR) is 40.9 cm³/mol. The third kappa shape index (κ3) is 1.95. The lowest BCUT2D eigenvalue weighted by Crippen LogP contribution is -2.12. The van der Waals surface area contributed by atoms with Crippen molar-refractivity contribution in [1.82, 2.24) is 5.32 Å². The van der Waals surface area contributed by atoms with Crippen LogP contribution in [0.5, 0.6) is 0 Å². The second kappa shape index (κ2) is 3.52. The lowest BCUT2D eigenvalue weighted by atomic mass is 10.1. The lowest BCUT2D eigenvalue weighted by molar-refractivity contribution is -0.113. The molecule has 0 saturated heterocycles. The first-order valence-electron chi connectivity index (χ1n) is 3.71. The summed E-state index contributed by atoms with van der Waals surface area (Å²) in [5.41, 5.74) is 0.991. The van der Waals surface area contributed by atoms with Crippen molar-refractivity contribution in [3.8, 4) is 0 Å². The highest BCUT2D eigenvalue weighted by molar-refractivity contribution is 5.93. The summed E-state index contributed by atoms with van der Waals surface area (Å²) in [5, 5.41) is 3.20. The minimum absolute atomic E-state index is 0.226. The number of hydrogen-bond acceptors (Lipinski definition) is 2. The molecule has 0 radical (unpaired) electrons. The van der Waals surface area contributed by atoms with E-state index in [9.17, 15) is 4.79 Å². The van der Waals surface area contributed by atoms with Crippen molar-refractivity contribution in [2.45, 2.75) is 19.8 Å². The summed E-state index contributed by atoms with van der Waals surface area (Å²) < 4.78 is 0. The van der Waals surface area contributed by atoms with Gasteiger partial charge in [0, 0.05) is 6.54 Å². The van der Waals surface area contributed by atoms with Crippen LogP contribution in [0.25, 0.3) is 0 Å². The molecule has 0 fully saturated rings. The Morgan fingerprint density at radius 1 is 1.70 bits per heavy atom. The Balaban J connectivity index is 2.54. The number of carbonyl (C=O) groups is 1. The topological polar surface area (TPSA) is 29.1 Å². The molecule has 0 aliphatic carbocycles. The first kappa shape index (κ1) is 7.48. The zero-order chi connectivity index (χ0) is 7.40. The summed E-state index contributed by atoms with van der Waals surface area (Å²) in [6, 6.07) is 0. The molecule has 0 aromatic rings. The highest BCUT2D eigenvalue weighted by Crippen LogP contribution is 2.07. The first-order valence-corrected chi connectivity index (χ1v) is 3.71. The molecule has 0 amide bonds. The molecule has 2 nitrogen and oxygen atoms in total. The number of allylic oxidation sites excluding steroid dienone is 1. The van der Waals surface area contributed by atoms with Gasteiger partial charge in [-0.05, 0) is 31.9 Å². The molecular weight excluding hydrogens is 126 g/mol. The van der Waals surface area contributed by atoms with E-state index in [0.717, 1.165) is 31.5 Å². The van der Waals surface area contributed by atoms with Crippen LogP contribution in [0, 0.1) is 0 Å². The molecule has 56 valence electrons. The van der Waals surface area contributed by atoms with E-state index < -0.39 is 0 Å². The van der Waals surface area contributed by atoms with E-state index in [4.69, 9.17) is 0 Å². The van der Waals surface area contributed by atoms with Crippen LogP contribution >= 0.6 is 0 Å². The van der Waals surface area contributed by atoms with Gasteiger partial charge in [0.05, 0.1) is 0 Å². The second-order valence-electron chi connectivity index (χ2n) is 2.59. The summed E-state index contributed by atoms with van der Waals surface area (Å²) in [5.74, 6) is 0.226. The van der Waals surface area contributed by atoms with Gasteiger partial charge in [0.2, 0.25) is 0 Å². The van der Waals surface area contributed by atoms with Crippen LogP contribution in [0.3, 0.4) is 0 Å². The Bertz CT molecular complexity index is 161. The van der Waals surface area contributed by atoms with Crippen molar-refractivity contribution in [1.29, 1.82) is 0 Å². The third-order valence-corrected chi connectivity index (χ3v) is 1.74. The Hall–Kier alpha value is -0.630. The van der Waals surface area contributed by atoms with Crippen LogP contribution in [-0.2, 0) is 4.79 Å². The van der Waals surface area contributed by atoms with Crippen LogP contribution < -0.4 is 5.32 Å². The zero-order valence-electron chi connectivity index (χ0n) is 6.31. The Labute approximate surface area is 61.3 Å². The molecule has 0 saturated carbocycles. The summed E-state index contributed by atoms with van der Waals surface area (Å²) in [6.45, 7) is 3.53. The highest BCUT2D eigenvalue weighted by atomic mass is 16.1. The van der Waals surface area contributed by atoms with Gasteiger partial charge in [0.1, 0.15) is 0 Å². The van der Waals surface area contributed by atoms with Gasteiger partial charge in [-0.2, -0.15) is 0 Å². The molecule has 10 heavy (non-hydrogen) atoms. The van der Waals surface area contributed by atoms with Gasteiger partial charge >= 0.3 is 0 Å². The number of rotatable bonds is 1. The van der Waals surface area contributed by atoms with Crippen LogP contribution in [0.4, 0.5) is 0 Å². The lowest BCUT2D eigenvalue weighted by Gasteiger charge is -1.96. The summed E-state index contributed by atoms with van der Waals surface area (Å²) in [7, 11) is 0. The van der Waals surface area contributed by atoms with Gasteiger partial charge in [0.25, 0.3) is 0 Å². The molecular formula is C8H13NO. The highest BCUT2D eigenvalue weighted by Gasteiger charge is 2.04. The fourth-order valence-electron chi connectivity index (χ4n) is 1.12.